The minimum absolute atomic E-state index is 0.211. The minimum atomic E-state index is -0.211. The Balaban J connectivity index is 1.95. The Morgan fingerprint density at radius 1 is 1.42 bits per heavy atom. The van der Waals surface area contributed by atoms with E-state index in [1.807, 2.05) is 18.2 Å². The van der Waals surface area contributed by atoms with Gasteiger partial charge in [-0.05, 0) is 64.7 Å². The zero-order valence-electron chi connectivity index (χ0n) is 11.7. The number of aliphatic hydroxyl groups excluding tert-OH is 1. The van der Waals surface area contributed by atoms with Crippen LogP contribution in [0.1, 0.15) is 38.2 Å². The molecule has 0 radical (unpaired) electrons. The van der Waals surface area contributed by atoms with Crippen molar-refractivity contribution in [1.29, 1.82) is 0 Å². The maximum absolute atomic E-state index is 10.4. The van der Waals surface area contributed by atoms with Crippen molar-refractivity contribution in [3.63, 3.8) is 0 Å². The van der Waals surface area contributed by atoms with Crippen LogP contribution < -0.4 is 4.74 Å². The van der Waals surface area contributed by atoms with Crippen LogP contribution in [-0.4, -0.2) is 18.3 Å². The van der Waals surface area contributed by atoms with Crippen LogP contribution in [0.5, 0.6) is 5.75 Å². The van der Waals surface area contributed by atoms with Crippen LogP contribution in [0.2, 0.25) is 0 Å². The first-order valence-corrected chi connectivity index (χ1v) is 7.93. The first-order chi connectivity index (χ1) is 9.13. The van der Waals surface area contributed by atoms with E-state index >= 15 is 0 Å². The van der Waals surface area contributed by atoms with E-state index in [1.54, 1.807) is 7.11 Å². The van der Waals surface area contributed by atoms with Crippen LogP contribution in [0.4, 0.5) is 0 Å². The number of rotatable bonds is 5. The van der Waals surface area contributed by atoms with Gasteiger partial charge in [-0.1, -0.05) is 25.8 Å². The summed E-state index contributed by atoms with van der Waals surface area (Å²) in [5, 5.41) is 10.4. The van der Waals surface area contributed by atoms with Gasteiger partial charge in [0.15, 0.2) is 0 Å². The van der Waals surface area contributed by atoms with Crippen molar-refractivity contribution in [3.05, 3.63) is 28.2 Å². The molecule has 0 spiro atoms. The quantitative estimate of drug-likeness (QED) is 0.879. The van der Waals surface area contributed by atoms with Gasteiger partial charge in [0.05, 0.1) is 17.7 Å². The molecular weight excluding hydrogens is 304 g/mol. The van der Waals surface area contributed by atoms with E-state index in [9.17, 15) is 5.11 Å². The fourth-order valence-corrected chi connectivity index (χ4v) is 3.67. The molecule has 0 amide bonds. The van der Waals surface area contributed by atoms with Gasteiger partial charge < -0.3 is 9.84 Å². The zero-order valence-corrected chi connectivity index (χ0v) is 13.3. The van der Waals surface area contributed by atoms with Crippen molar-refractivity contribution in [2.45, 2.75) is 45.1 Å². The van der Waals surface area contributed by atoms with Crippen molar-refractivity contribution in [1.82, 2.24) is 0 Å². The molecule has 3 unspecified atom stereocenters. The van der Waals surface area contributed by atoms with Gasteiger partial charge >= 0.3 is 0 Å². The summed E-state index contributed by atoms with van der Waals surface area (Å²) in [5.41, 5.74) is 1.17. The van der Waals surface area contributed by atoms with Gasteiger partial charge in [-0.3, -0.25) is 0 Å². The van der Waals surface area contributed by atoms with Crippen LogP contribution in [0.25, 0.3) is 0 Å². The van der Waals surface area contributed by atoms with Gasteiger partial charge in [0.1, 0.15) is 5.75 Å². The highest BCUT2D eigenvalue weighted by Crippen LogP contribution is 2.36. The molecule has 0 aromatic heterocycles. The van der Waals surface area contributed by atoms with Crippen molar-refractivity contribution in [2.24, 2.45) is 11.8 Å². The number of benzene rings is 1. The Bertz CT molecular complexity index is 419. The van der Waals surface area contributed by atoms with Gasteiger partial charge in [-0.2, -0.15) is 0 Å². The van der Waals surface area contributed by atoms with Gasteiger partial charge in [-0.25, -0.2) is 0 Å². The lowest BCUT2D eigenvalue weighted by Gasteiger charge is -2.18. The second-order valence-corrected chi connectivity index (χ2v) is 6.44. The monoisotopic (exact) mass is 326 g/mol. The van der Waals surface area contributed by atoms with E-state index in [0.29, 0.717) is 5.92 Å². The molecule has 1 aromatic rings. The average molecular weight is 327 g/mol. The molecule has 0 heterocycles. The standard InChI is InChI=1S/C16H23BrO2/c1-3-11-4-6-13(8-11)15(18)10-12-5-7-16(19-2)14(17)9-12/h5,7,9,11,13,15,18H,3-4,6,8,10H2,1-2H3. The third-order valence-corrected chi connectivity index (χ3v) is 4.98. The molecule has 1 aliphatic rings. The second-order valence-electron chi connectivity index (χ2n) is 5.59. The molecule has 1 saturated carbocycles. The Morgan fingerprint density at radius 2 is 2.21 bits per heavy atom. The fourth-order valence-electron chi connectivity index (χ4n) is 3.08. The predicted octanol–water partition coefficient (Wildman–Crippen LogP) is 4.19. The maximum atomic E-state index is 10.4. The van der Waals surface area contributed by atoms with Crippen LogP contribution in [-0.2, 0) is 6.42 Å². The first kappa shape index (κ1) is 14.9. The van der Waals surface area contributed by atoms with Crippen molar-refractivity contribution < 1.29 is 9.84 Å². The predicted molar refractivity (Wildman–Crippen MR) is 81.5 cm³/mol. The highest BCUT2D eigenvalue weighted by Gasteiger charge is 2.28. The van der Waals surface area contributed by atoms with E-state index < -0.39 is 0 Å². The fraction of sp³-hybridized carbons (Fsp3) is 0.625. The maximum Gasteiger partial charge on any atom is 0.133 e. The molecule has 2 rings (SSSR count). The summed E-state index contributed by atoms with van der Waals surface area (Å²) in [7, 11) is 1.66. The lowest BCUT2D eigenvalue weighted by molar-refractivity contribution is 0.108. The summed E-state index contributed by atoms with van der Waals surface area (Å²) in [5.74, 6) is 2.14. The SMILES string of the molecule is CCC1CCC(C(O)Cc2ccc(OC)c(Br)c2)C1. The normalized spacial score (nSPS) is 24.4. The molecule has 1 fully saturated rings. The molecule has 19 heavy (non-hydrogen) atoms. The molecule has 3 heteroatoms. The number of hydrogen-bond acceptors (Lipinski definition) is 2. The Kier molecular flexibility index (Phi) is 5.28. The lowest BCUT2D eigenvalue weighted by atomic mass is 9.93. The number of methoxy groups -OCH3 is 1. The summed E-state index contributed by atoms with van der Waals surface area (Å²) in [4.78, 5) is 0. The van der Waals surface area contributed by atoms with E-state index in [4.69, 9.17) is 4.74 Å². The summed E-state index contributed by atoms with van der Waals surface area (Å²) < 4.78 is 6.18. The Hall–Kier alpha value is -0.540. The summed E-state index contributed by atoms with van der Waals surface area (Å²) in [6.45, 7) is 2.25. The summed E-state index contributed by atoms with van der Waals surface area (Å²) in [6.07, 6.45) is 5.43. The number of hydrogen-bond donors (Lipinski definition) is 1. The lowest BCUT2D eigenvalue weighted by Crippen LogP contribution is -2.20. The van der Waals surface area contributed by atoms with Gasteiger partial charge in [-0.15, -0.1) is 0 Å². The molecular formula is C16H23BrO2. The third kappa shape index (κ3) is 3.73. The number of halogens is 1. The molecule has 1 aromatic carbocycles. The van der Waals surface area contributed by atoms with E-state index in [1.165, 1.54) is 31.2 Å². The highest BCUT2D eigenvalue weighted by molar-refractivity contribution is 9.10. The van der Waals surface area contributed by atoms with Crippen molar-refractivity contribution >= 4 is 15.9 Å². The van der Waals surface area contributed by atoms with E-state index in [-0.39, 0.29) is 6.10 Å². The highest BCUT2D eigenvalue weighted by atomic mass is 79.9. The molecule has 1 aliphatic carbocycles. The Labute approximate surface area is 124 Å². The largest absolute Gasteiger partial charge is 0.496 e. The molecule has 1 N–H and O–H groups in total. The Morgan fingerprint density at radius 3 is 2.79 bits per heavy atom. The first-order valence-electron chi connectivity index (χ1n) is 7.14. The van der Waals surface area contributed by atoms with Crippen LogP contribution in [0.3, 0.4) is 0 Å². The van der Waals surface area contributed by atoms with Crippen LogP contribution in [0.15, 0.2) is 22.7 Å². The summed E-state index contributed by atoms with van der Waals surface area (Å²) in [6, 6.07) is 6.04. The molecule has 0 bridgehead atoms. The van der Waals surface area contributed by atoms with E-state index in [0.717, 1.165) is 22.6 Å². The zero-order chi connectivity index (χ0) is 13.8. The molecule has 3 atom stereocenters. The van der Waals surface area contributed by atoms with E-state index in [2.05, 4.69) is 22.9 Å². The van der Waals surface area contributed by atoms with Gasteiger partial charge in [0, 0.05) is 0 Å². The third-order valence-electron chi connectivity index (χ3n) is 4.36. The van der Waals surface area contributed by atoms with Crippen LogP contribution >= 0.6 is 15.9 Å². The molecule has 2 nitrogen and oxygen atoms in total. The smallest absolute Gasteiger partial charge is 0.133 e. The molecule has 0 aliphatic heterocycles. The second kappa shape index (κ2) is 6.76. The van der Waals surface area contributed by atoms with Crippen molar-refractivity contribution in [3.8, 4) is 5.75 Å². The molecule has 106 valence electrons. The number of ether oxygens (including phenoxy) is 1. The average Bonchev–Trinajstić information content (AvgIpc) is 2.88. The topological polar surface area (TPSA) is 29.5 Å². The summed E-state index contributed by atoms with van der Waals surface area (Å²) >= 11 is 3.49. The van der Waals surface area contributed by atoms with Gasteiger partial charge in [0.25, 0.3) is 0 Å². The van der Waals surface area contributed by atoms with Crippen LogP contribution in [0, 0.1) is 11.8 Å². The molecule has 0 saturated heterocycles. The van der Waals surface area contributed by atoms with Gasteiger partial charge in [0.2, 0.25) is 0 Å². The number of aliphatic hydroxyl groups is 1. The van der Waals surface area contributed by atoms with Crippen molar-refractivity contribution in [2.75, 3.05) is 7.11 Å². The minimum Gasteiger partial charge on any atom is -0.496 e.